The number of aliphatic imine (C=N–C) groups is 1. The van der Waals surface area contributed by atoms with Gasteiger partial charge in [-0.1, -0.05) is 25.1 Å². The molecule has 0 radical (unpaired) electrons. The number of aromatic nitrogens is 1. The van der Waals surface area contributed by atoms with Gasteiger partial charge in [-0.25, -0.2) is 4.98 Å². The molecule has 0 aliphatic carbocycles. The van der Waals surface area contributed by atoms with E-state index in [1.807, 2.05) is 50.5 Å². The predicted octanol–water partition coefficient (Wildman–Crippen LogP) is 4.53. The van der Waals surface area contributed by atoms with Crippen LogP contribution in [0.5, 0.6) is 5.88 Å². The number of aryl methyl sites for hydroxylation is 1. The monoisotopic (exact) mass is 452 g/mol. The van der Waals surface area contributed by atoms with Crippen molar-refractivity contribution in [2.45, 2.75) is 59.0 Å². The van der Waals surface area contributed by atoms with Crippen molar-refractivity contribution in [3.8, 4) is 5.88 Å². The van der Waals surface area contributed by atoms with Gasteiger partial charge in [-0.3, -0.25) is 19.5 Å². The normalized spacial score (nSPS) is 12.1. The molecular formula is C26H36N4O3. The van der Waals surface area contributed by atoms with Gasteiger partial charge >= 0.3 is 0 Å². The van der Waals surface area contributed by atoms with Crippen LogP contribution < -0.4 is 4.74 Å². The second-order valence-corrected chi connectivity index (χ2v) is 8.23. The van der Waals surface area contributed by atoms with Crippen molar-refractivity contribution < 1.29 is 14.3 Å². The number of amides is 2. The Bertz CT molecular complexity index is 912. The van der Waals surface area contributed by atoms with E-state index in [2.05, 4.69) is 28.7 Å². The quantitative estimate of drug-likeness (QED) is 0.193. The Morgan fingerprint density at radius 1 is 1.12 bits per heavy atom. The van der Waals surface area contributed by atoms with Crippen molar-refractivity contribution in [3.05, 3.63) is 59.3 Å². The highest BCUT2D eigenvalue weighted by Crippen LogP contribution is 2.18. The number of methoxy groups -OCH3 is 1. The molecule has 1 unspecified atom stereocenters. The second-order valence-electron chi connectivity index (χ2n) is 8.23. The van der Waals surface area contributed by atoms with E-state index >= 15 is 0 Å². The molecule has 1 heterocycles. The molecule has 0 saturated heterocycles. The molecule has 7 nitrogen and oxygen atoms in total. The number of imide groups is 1. The maximum absolute atomic E-state index is 12.8. The first kappa shape index (κ1) is 26.0. The van der Waals surface area contributed by atoms with Crippen LogP contribution in [0.3, 0.4) is 0 Å². The topological polar surface area (TPSA) is 75.1 Å². The second kappa shape index (κ2) is 13.4. The molecule has 0 spiro atoms. The average Bonchev–Trinajstić information content (AvgIpc) is 2.85. The number of rotatable bonds is 13. The fraction of sp³-hybridized carbons (Fsp3) is 0.462. The van der Waals surface area contributed by atoms with E-state index in [4.69, 9.17) is 4.74 Å². The van der Waals surface area contributed by atoms with E-state index in [1.54, 1.807) is 19.4 Å². The van der Waals surface area contributed by atoms with Crippen molar-refractivity contribution in [1.82, 2.24) is 14.8 Å². The van der Waals surface area contributed by atoms with Gasteiger partial charge in [0.05, 0.1) is 19.5 Å². The van der Waals surface area contributed by atoms with Crippen LogP contribution in [0.2, 0.25) is 0 Å². The van der Waals surface area contributed by atoms with Crippen LogP contribution in [-0.2, 0) is 11.2 Å². The number of pyridine rings is 1. The molecule has 0 aliphatic heterocycles. The lowest BCUT2D eigenvalue weighted by molar-refractivity contribution is -0.116. The summed E-state index contributed by atoms with van der Waals surface area (Å²) in [5.74, 6) is 0.353. The summed E-state index contributed by atoms with van der Waals surface area (Å²) in [5.41, 5.74) is 2.58. The summed E-state index contributed by atoms with van der Waals surface area (Å²) < 4.78 is 5.11. The Kier molecular flexibility index (Phi) is 10.5. The van der Waals surface area contributed by atoms with Crippen molar-refractivity contribution in [3.63, 3.8) is 0 Å². The molecule has 2 aromatic rings. The highest BCUT2D eigenvalue weighted by Gasteiger charge is 2.17. The van der Waals surface area contributed by atoms with Crippen molar-refractivity contribution in [2.24, 2.45) is 4.99 Å². The Morgan fingerprint density at radius 3 is 2.45 bits per heavy atom. The van der Waals surface area contributed by atoms with Gasteiger partial charge in [-0.2, -0.15) is 0 Å². The summed E-state index contributed by atoms with van der Waals surface area (Å²) in [7, 11) is 1.60. The number of nitrogens with zero attached hydrogens (tertiary/aromatic N) is 4. The number of unbranched alkanes of at least 4 members (excludes halogenated alkanes) is 1. The molecule has 33 heavy (non-hydrogen) atoms. The van der Waals surface area contributed by atoms with E-state index in [9.17, 15) is 9.59 Å². The smallest absolute Gasteiger partial charge is 0.260 e. The van der Waals surface area contributed by atoms with Crippen molar-refractivity contribution in [2.75, 3.05) is 20.2 Å². The fourth-order valence-corrected chi connectivity index (χ4v) is 3.45. The first-order valence-electron chi connectivity index (χ1n) is 11.5. The van der Waals surface area contributed by atoms with Crippen LogP contribution in [0.25, 0.3) is 0 Å². The Balaban J connectivity index is 1.89. The van der Waals surface area contributed by atoms with Gasteiger partial charge in [-0.15, -0.1) is 0 Å². The van der Waals surface area contributed by atoms with Crippen LogP contribution in [-0.4, -0.2) is 59.7 Å². The van der Waals surface area contributed by atoms with Gasteiger partial charge in [0.25, 0.3) is 5.91 Å². The molecule has 0 saturated carbocycles. The number of ether oxygens (including phenoxy) is 1. The summed E-state index contributed by atoms with van der Waals surface area (Å²) >= 11 is 0. The molecule has 2 amide bonds. The van der Waals surface area contributed by atoms with Crippen LogP contribution in [0, 0.1) is 0 Å². The van der Waals surface area contributed by atoms with E-state index in [1.165, 1.54) is 4.90 Å². The van der Waals surface area contributed by atoms with E-state index < -0.39 is 0 Å². The van der Waals surface area contributed by atoms with Gasteiger partial charge in [0.2, 0.25) is 12.3 Å². The number of benzene rings is 1. The van der Waals surface area contributed by atoms with Gasteiger partial charge < -0.3 is 9.64 Å². The molecule has 1 atom stereocenters. The summed E-state index contributed by atoms with van der Waals surface area (Å²) in [4.78, 5) is 36.7. The van der Waals surface area contributed by atoms with E-state index in [-0.39, 0.29) is 18.0 Å². The van der Waals surface area contributed by atoms with E-state index in [0.29, 0.717) is 24.4 Å². The van der Waals surface area contributed by atoms with Gasteiger partial charge in [0, 0.05) is 37.0 Å². The Morgan fingerprint density at radius 2 is 1.85 bits per heavy atom. The molecular weight excluding hydrogens is 416 g/mol. The van der Waals surface area contributed by atoms with Crippen molar-refractivity contribution in [1.29, 1.82) is 0 Å². The van der Waals surface area contributed by atoms with Crippen LogP contribution in [0.1, 0.15) is 68.1 Å². The van der Waals surface area contributed by atoms with Crippen molar-refractivity contribution >= 4 is 18.7 Å². The third-order valence-electron chi connectivity index (χ3n) is 5.63. The van der Waals surface area contributed by atoms with Gasteiger partial charge in [0.15, 0.2) is 0 Å². The molecule has 1 aromatic carbocycles. The highest BCUT2D eigenvalue weighted by atomic mass is 16.5. The van der Waals surface area contributed by atoms with Gasteiger partial charge in [0.1, 0.15) is 0 Å². The molecule has 0 N–H and O–H groups in total. The lowest BCUT2D eigenvalue weighted by Gasteiger charge is -2.25. The molecule has 0 bridgehead atoms. The molecule has 1 aromatic heterocycles. The summed E-state index contributed by atoms with van der Waals surface area (Å²) in [6.07, 6.45) is 6.63. The fourth-order valence-electron chi connectivity index (χ4n) is 3.45. The van der Waals surface area contributed by atoms with Gasteiger partial charge in [-0.05, 0) is 63.3 Å². The molecule has 0 aliphatic rings. The molecule has 2 rings (SSSR count). The first-order chi connectivity index (χ1) is 15.9. The number of hydrogen-bond acceptors (Lipinski definition) is 5. The Hall–Kier alpha value is -3.22. The minimum absolute atomic E-state index is 0.0218. The summed E-state index contributed by atoms with van der Waals surface area (Å²) in [5, 5.41) is 0. The minimum Gasteiger partial charge on any atom is -0.481 e. The summed E-state index contributed by atoms with van der Waals surface area (Å²) in [6, 6.07) is 11.5. The number of carbonyl (C=O) groups excluding carboxylic acids is 2. The SMILES string of the molecule is CCc1ccccc1C(=O)N(C=O)CCCCN(C=NC(C)c1ccc(OC)nc1)C(C)C. The summed E-state index contributed by atoms with van der Waals surface area (Å²) in [6.45, 7) is 9.47. The Labute approximate surface area is 197 Å². The standard InChI is InChI=1S/C26H36N4O3/c1-6-22-11-7-8-12-24(22)26(32)30(19-31)16-10-9-15-29(20(2)3)18-28-21(4)23-13-14-25(33-5)27-17-23/h7-8,11-14,17-21H,6,9-10,15-16H2,1-5H3. The number of hydrogen-bond donors (Lipinski definition) is 0. The number of carbonyl (C=O) groups is 2. The maximum atomic E-state index is 12.8. The molecule has 0 fully saturated rings. The zero-order valence-electron chi connectivity index (χ0n) is 20.4. The molecule has 178 valence electrons. The zero-order chi connectivity index (χ0) is 24.2. The minimum atomic E-state index is -0.230. The van der Waals surface area contributed by atoms with E-state index in [0.717, 1.165) is 36.9 Å². The maximum Gasteiger partial charge on any atom is 0.260 e. The zero-order valence-corrected chi connectivity index (χ0v) is 20.4. The lowest BCUT2D eigenvalue weighted by atomic mass is 10.0. The van der Waals surface area contributed by atoms with Crippen LogP contribution in [0.15, 0.2) is 47.6 Å². The van der Waals surface area contributed by atoms with Crippen LogP contribution in [0.4, 0.5) is 0 Å². The predicted molar refractivity (Wildman–Crippen MR) is 132 cm³/mol. The third-order valence-corrected chi connectivity index (χ3v) is 5.63. The third kappa shape index (κ3) is 7.70. The first-order valence-corrected chi connectivity index (χ1v) is 11.5. The lowest BCUT2D eigenvalue weighted by Crippen LogP contribution is -2.33. The largest absolute Gasteiger partial charge is 0.481 e. The highest BCUT2D eigenvalue weighted by molar-refractivity contribution is 6.01. The average molecular weight is 453 g/mol. The van der Waals surface area contributed by atoms with Crippen LogP contribution >= 0.6 is 0 Å². The molecule has 7 heteroatoms.